The van der Waals surface area contributed by atoms with Gasteiger partial charge in [0.05, 0.1) is 0 Å². The van der Waals surface area contributed by atoms with E-state index < -0.39 is 0 Å². The highest BCUT2D eigenvalue weighted by atomic mass is 16.1. The van der Waals surface area contributed by atoms with Crippen LogP contribution in [-0.4, -0.2) is 5.78 Å². The van der Waals surface area contributed by atoms with Crippen molar-refractivity contribution >= 4 is 5.78 Å². The van der Waals surface area contributed by atoms with Crippen molar-refractivity contribution in [1.29, 1.82) is 0 Å². The molecule has 0 bridgehead atoms. The molecule has 102 valence electrons. The fraction of sp³-hybridized carbons (Fsp3) is 0.938. The van der Waals surface area contributed by atoms with E-state index in [9.17, 15) is 4.79 Å². The van der Waals surface area contributed by atoms with Crippen molar-refractivity contribution in [3.63, 3.8) is 0 Å². The van der Waals surface area contributed by atoms with Gasteiger partial charge in [-0.25, -0.2) is 0 Å². The van der Waals surface area contributed by atoms with E-state index in [1.54, 1.807) is 0 Å². The highest BCUT2D eigenvalue weighted by Gasteiger charge is 2.15. The second kappa shape index (κ2) is 9.67. The average Bonchev–Trinajstić information content (AvgIpc) is 2.31. The maximum atomic E-state index is 10.7. The van der Waals surface area contributed by atoms with Crippen molar-refractivity contribution in [1.82, 2.24) is 0 Å². The number of carbonyl (C=O) groups is 1. The predicted molar refractivity (Wildman–Crippen MR) is 76.2 cm³/mol. The van der Waals surface area contributed by atoms with Crippen LogP contribution in [0.25, 0.3) is 0 Å². The maximum Gasteiger partial charge on any atom is 0.135 e. The number of rotatable bonds is 4. The van der Waals surface area contributed by atoms with Crippen LogP contribution >= 0.6 is 0 Å². The fourth-order valence-corrected chi connectivity index (χ4v) is 2.34. The van der Waals surface area contributed by atoms with E-state index in [2.05, 4.69) is 13.8 Å². The number of carbonyl (C=O) groups excluding carboxylic acids is 1. The molecule has 1 heteroatoms. The lowest BCUT2D eigenvalue weighted by atomic mass is 9.82. The number of ketones is 1. The molecular weight excluding hydrogens is 208 g/mol. The maximum absolute atomic E-state index is 10.7. The summed E-state index contributed by atoms with van der Waals surface area (Å²) in [5.74, 6) is 2.60. The summed E-state index contributed by atoms with van der Waals surface area (Å²) in [4.78, 5) is 10.7. The first-order chi connectivity index (χ1) is 7.99. The molecule has 0 spiro atoms. The molecule has 0 atom stereocenters. The third-order valence-corrected chi connectivity index (χ3v) is 3.73. The van der Waals surface area contributed by atoms with Crippen molar-refractivity contribution in [3.05, 3.63) is 0 Å². The molecule has 0 saturated heterocycles. The summed E-state index contributed by atoms with van der Waals surface area (Å²) < 4.78 is 0. The quantitative estimate of drug-likeness (QED) is 0.657. The van der Waals surface area contributed by atoms with Crippen LogP contribution in [0.1, 0.15) is 79.6 Å². The van der Waals surface area contributed by atoms with Gasteiger partial charge in [-0.2, -0.15) is 0 Å². The van der Waals surface area contributed by atoms with Crippen LogP contribution in [0.2, 0.25) is 0 Å². The summed E-state index contributed by atoms with van der Waals surface area (Å²) in [6.07, 6.45) is 9.19. The van der Waals surface area contributed by atoms with Gasteiger partial charge in [0, 0.05) is 12.3 Å². The minimum absolute atomic E-state index is 0.231. The Morgan fingerprint density at radius 3 is 1.82 bits per heavy atom. The zero-order valence-electron chi connectivity index (χ0n) is 12.6. The van der Waals surface area contributed by atoms with Crippen molar-refractivity contribution in [2.75, 3.05) is 0 Å². The Balaban J connectivity index is 0.000000304. The molecule has 0 amide bonds. The molecule has 0 aromatic rings. The smallest absolute Gasteiger partial charge is 0.135 e. The topological polar surface area (TPSA) is 17.1 Å². The normalized spacial score (nSPS) is 16.9. The summed E-state index contributed by atoms with van der Waals surface area (Å²) in [5.41, 5.74) is 0. The van der Waals surface area contributed by atoms with E-state index in [0.29, 0.717) is 5.78 Å². The Morgan fingerprint density at radius 1 is 1.06 bits per heavy atom. The zero-order valence-corrected chi connectivity index (χ0v) is 12.6. The zero-order chi connectivity index (χ0) is 13.3. The molecule has 0 radical (unpaired) electrons. The second-order valence-electron chi connectivity index (χ2n) is 6.01. The van der Waals surface area contributed by atoms with Crippen molar-refractivity contribution in [3.8, 4) is 0 Å². The Kier molecular flexibility index (Phi) is 9.49. The average molecular weight is 240 g/mol. The number of hydrogen-bond donors (Lipinski definition) is 0. The lowest BCUT2D eigenvalue weighted by Crippen LogP contribution is -2.12. The lowest BCUT2D eigenvalue weighted by Gasteiger charge is -2.24. The molecule has 1 nitrogen and oxygen atoms in total. The summed E-state index contributed by atoms with van der Waals surface area (Å²) in [7, 11) is 0. The highest BCUT2D eigenvalue weighted by molar-refractivity contribution is 5.80. The largest absolute Gasteiger partial charge is 0.299 e. The van der Waals surface area contributed by atoms with Crippen molar-refractivity contribution in [2.24, 2.45) is 17.8 Å². The molecule has 1 aliphatic rings. The third kappa shape index (κ3) is 8.40. The number of Topliss-reactive ketones (excluding diaryl/α,β-unsaturated/α-hetero) is 1. The molecule has 1 rings (SSSR count). The van der Waals surface area contributed by atoms with Crippen LogP contribution in [0.15, 0.2) is 0 Å². The van der Waals surface area contributed by atoms with Crippen LogP contribution in [0, 0.1) is 17.8 Å². The van der Waals surface area contributed by atoms with E-state index in [4.69, 9.17) is 0 Å². The minimum atomic E-state index is 0.231. The van der Waals surface area contributed by atoms with Gasteiger partial charge in [0.15, 0.2) is 0 Å². The van der Waals surface area contributed by atoms with Gasteiger partial charge >= 0.3 is 0 Å². The summed E-state index contributed by atoms with van der Waals surface area (Å²) in [6.45, 7) is 10.6. The van der Waals surface area contributed by atoms with Gasteiger partial charge < -0.3 is 0 Å². The monoisotopic (exact) mass is 240 g/mol. The van der Waals surface area contributed by atoms with Gasteiger partial charge in [0.1, 0.15) is 5.78 Å². The first kappa shape index (κ1) is 16.7. The van der Waals surface area contributed by atoms with E-state index >= 15 is 0 Å². The highest BCUT2D eigenvalue weighted by Crippen LogP contribution is 2.29. The van der Waals surface area contributed by atoms with E-state index in [1.807, 2.05) is 20.8 Å². The Labute approximate surface area is 108 Å². The predicted octanol–water partition coefficient (Wildman–Crippen LogP) is 5.23. The van der Waals surface area contributed by atoms with Crippen LogP contribution < -0.4 is 0 Å². The fourth-order valence-electron chi connectivity index (χ4n) is 2.34. The van der Waals surface area contributed by atoms with E-state index in [0.717, 1.165) is 24.7 Å². The summed E-state index contributed by atoms with van der Waals surface area (Å²) >= 11 is 0. The minimum Gasteiger partial charge on any atom is -0.299 e. The Hall–Kier alpha value is -0.330. The Morgan fingerprint density at radius 2 is 1.59 bits per heavy atom. The van der Waals surface area contributed by atoms with E-state index in [1.165, 1.54) is 32.1 Å². The van der Waals surface area contributed by atoms with Gasteiger partial charge in [0.25, 0.3) is 0 Å². The molecule has 0 aromatic heterocycles. The van der Waals surface area contributed by atoms with Crippen LogP contribution in [-0.2, 0) is 4.79 Å². The van der Waals surface area contributed by atoms with Crippen molar-refractivity contribution < 1.29 is 4.79 Å². The van der Waals surface area contributed by atoms with Gasteiger partial charge in [-0.1, -0.05) is 66.7 Å². The molecule has 0 N–H and O–H groups in total. The van der Waals surface area contributed by atoms with Crippen LogP contribution in [0.4, 0.5) is 0 Å². The second-order valence-corrected chi connectivity index (χ2v) is 6.01. The summed E-state index contributed by atoms with van der Waals surface area (Å²) in [6, 6.07) is 0. The first-order valence-electron chi connectivity index (χ1n) is 7.51. The molecule has 0 aromatic carbocycles. The molecule has 1 saturated carbocycles. The summed E-state index contributed by atoms with van der Waals surface area (Å²) in [5, 5.41) is 0. The molecule has 0 unspecified atom stereocenters. The lowest BCUT2D eigenvalue weighted by molar-refractivity contribution is -0.121. The molecule has 1 fully saturated rings. The first-order valence-corrected chi connectivity index (χ1v) is 7.51. The molecule has 17 heavy (non-hydrogen) atoms. The van der Waals surface area contributed by atoms with Crippen LogP contribution in [0.3, 0.4) is 0 Å². The number of hydrogen-bond acceptors (Lipinski definition) is 1. The van der Waals surface area contributed by atoms with Gasteiger partial charge in [0.2, 0.25) is 0 Å². The Bertz CT molecular complexity index is 188. The van der Waals surface area contributed by atoms with Gasteiger partial charge in [-0.05, 0) is 18.3 Å². The van der Waals surface area contributed by atoms with Gasteiger partial charge in [-0.15, -0.1) is 0 Å². The SMILES string of the molecule is CC(C)C1CCCCC1.CCCC(=O)C(C)C. The third-order valence-electron chi connectivity index (χ3n) is 3.73. The molecule has 1 aliphatic carbocycles. The van der Waals surface area contributed by atoms with Gasteiger partial charge in [-0.3, -0.25) is 4.79 Å². The van der Waals surface area contributed by atoms with Crippen LogP contribution in [0.5, 0.6) is 0 Å². The van der Waals surface area contributed by atoms with E-state index in [-0.39, 0.29) is 5.92 Å². The molecular formula is C16H32O. The molecule has 0 aliphatic heterocycles. The van der Waals surface area contributed by atoms with Crippen molar-refractivity contribution in [2.45, 2.75) is 79.6 Å². The standard InChI is InChI=1S/C9H18.C7H14O/c1-8(2)9-6-4-3-5-7-9;1-4-5-7(8)6(2)3/h8-9H,3-7H2,1-2H3;6H,4-5H2,1-3H3. The molecule has 0 heterocycles.